The van der Waals surface area contributed by atoms with Gasteiger partial charge in [-0.2, -0.15) is 0 Å². The number of carboxylic acids is 1. The number of benzene rings is 2. The molecule has 0 spiro atoms. The van der Waals surface area contributed by atoms with E-state index in [4.69, 9.17) is 27.5 Å². The zero-order valence-corrected chi connectivity index (χ0v) is 19.8. The molecule has 2 aromatic carbocycles. The number of aromatic carboxylic acids is 1. The van der Waals surface area contributed by atoms with Gasteiger partial charge in [0, 0.05) is 7.05 Å². The van der Waals surface area contributed by atoms with Crippen LogP contribution < -0.4 is 9.47 Å². The molecule has 0 aliphatic carbocycles. The fraction of sp³-hybridized carbons (Fsp3) is 0.208. The monoisotopic (exact) mass is 484 g/mol. The van der Waals surface area contributed by atoms with Gasteiger partial charge in [0.2, 0.25) is 0 Å². The van der Waals surface area contributed by atoms with Crippen molar-refractivity contribution in [3.8, 4) is 23.8 Å². The van der Waals surface area contributed by atoms with Gasteiger partial charge < -0.3 is 14.6 Å². The first-order valence-corrected chi connectivity index (χ1v) is 11.1. The van der Waals surface area contributed by atoms with Crippen LogP contribution in [0, 0.1) is 19.3 Å². The number of thioether (sulfide) groups is 1. The Morgan fingerprint density at radius 1 is 1.36 bits per heavy atom. The lowest BCUT2D eigenvalue weighted by Gasteiger charge is -2.13. The summed E-state index contributed by atoms with van der Waals surface area (Å²) in [7, 11) is 1.61. The minimum atomic E-state index is -1.03. The molecule has 0 bridgehead atoms. The van der Waals surface area contributed by atoms with Crippen LogP contribution in [-0.4, -0.2) is 47.3 Å². The minimum absolute atomic E-state index is 0.0433. The number of aliphatic imine (C=N–C) groups is 1. The average molecular weight is 485 g/mol. The molecule has 0 aromatic heterocycles. The van der Waals surface area contributed by atoms with Crippen LogP contribution in [0.5, 0.6) is 11.5 Å². The first-order valence-electron chi connectivity index (χ1n) is 9.88. The highest BCUT2D eigenvalue weighted by Crippen LogP contribution is 2.39. The normalized spacial score (nSPS) is 15.7. The van der Waals surface area contributed by atoms with E-state index >= 15 is 0 Å². The molecule has 1 aliphatic heterocycles. The summed E-state index contributed by atoms with van der Waals surface area (Å²) in [6, 6.07) is 8.22. The van der Waals surface area contributed by atoms with E-state index in [2.05, 4.69) is 10.9 Å². The van der Waals surface area contributed by atoms with Gasteiger partial charge in [-0.05, 0) is 67.1 Å². The first-order chi connectivity index (χ1) is 15.8. The van der Waals surface area contributed by atoms with Gasteiger partial charge in [0.05, 0.1) is 27.8 Å². The summed E-state index contributed by atoms with van der Waals surface area (Å²) in [4.78, 5) is 30.6. The maximum atomic E-state index is 12.8. The third kappa shape index (κ3) is 5.33. The Hall–Kier alpha value is -3.41. The molecule has 0 unspecified atom stereocenters. The second kappa shape index (κ2) is 10.5. The third-order valence-corrected chi connectivity index (χ3v) is 6.03. The lowest BCUT2D eigenvalue weighted by atomic mass is 10.1. The van der Waals surface area contributed by atoms with Crippen molar-refractivity contribution < 1.29 is 24.2 Å². The predicted molar refractivity (Wildman–Crippen MR) is 131 cm³/mol. The molecule has 1 heterocycles. The van der Waals surface area contributed by atoms with Crippen LogP contribution in [0.1, 0.15) is 28.4 Å². The van der Waals surface area contributed by atoms with Crippen molar-refractivity contribution in [3.63, 3.8) is 0 Å². The van der Waals surface area contributed by atoms with Gasteiger partial charge in [0.1, 0.15) is 6.61 Å². The number of terminal acetylenes is 1. The SMILES string of the molecule is C#CCOc1c(Cl)cc(/C=C2\SC(=Nc3cccc(C(=O)O)c3C)N(C)C2=O)cc1OCC. The van der Waals surface area contributed by atoms with Crippen molar-refractivity contribution in [2.75, 3.05) is 20.3 Å². The Labute approximate surface area is 201 Å². The van der Waals surface area contributed by atoms with Gasteiger partial charge in [0.15, 0.2) is 16.7 Å². The molecule has 1 saturated heterocycles. The predicted octanol–water partition coefficient (Wildman–Crippen LogP) is 4.99. The quantitative estimate of drug-likeness (QED) is 0.440. The fourth-order valence-electron chi connectivity index (χ4n) is 3.07. The lowest BCUT2D eigenvalue weighted by Crippen LogP contribution is -2.23. The number of carboxylic acid groups (broad SMARTS) is 1. The van der Waals surface area contributed by atoms with Crippen LogP contribution in [0.2, 0.25) is 5.02 Å². The molecule has 2 aromatic rings. The van der Waals surface area contributed by atoms with Crippen molar-refractivity contribution in [2.45, 2.75) is 13.8 Å². The Bertz CT molecular complexity index is 1220. The maximum absolute atomic E-state index is 12.8. The van der Waals surface area contributed by atoms with Gasteiger partial charge in [-0.25, -0.2) is 9.79 Å². The van der Waals surface area contributed by atoms with E-state index in [-0.39, 0.29) is 18.1 Å². The topological polar surface area (TPSA) is 88.4 Å². The highest BCUT2D eigenvalue weighted by Gasteiger charge is 2.31. The molecule has 1 fully saturated rings. The van der Waals surface area contributed by atoms with Crippen LogP contribution in [0.3, 0.4) is 0 Å². The summed E-state index contributed by atoms with van der Waals surface area (Å²) in [5.41, 5.74) is 1.81. The molecule has 7 nitrogen and oxygen atoms in total. The standard InChI is InChI=1S/C24H21ClN2O5S/c1-5-10-32-21-17(25)11-15(12-19(21)31-6-2)13-20-22(28)27(4)24(33-20)26-18-9-7-8-16(14(18)3)23(29)30/h1,7-9,11-13H,6,10H2,2-4H3,(H,29,30)/b20-13-,26-24?. The third-order valence-electron chi connectivity index (χ3n) is 4.68. The van der Waals surface area contributed by atoms with E-state index in [0.717, 1.165) is 0 Å². The minimum Gasteiger partial charge on any atom is -0.490 e. The second-order valence-corrected chi connectivity index (χ2v) is 8.30. The number of carbonyl (C=O) groups is 2. The number of halogens is 1. The molecule has 33 heavy (non-hydrogen) atoms. The Morgan fingerprint density at radius 3 is 2.79 bits per heavy atom. The van der Waals surface area contributed by atoms with Crippen LogP contribution in [-0.2, 0) is 4.79 Å². The molecule has 9 heteroatoms. The Kier molecular flexibility index (Phi) is 7.69. The highest BCUT2D eigenvalue weighted by molar-refractivity contribution is 8.18. The summed E-state index contributed by atoms with van der Waals surface area (Å²) in [6.07, 6.45) is 6.95. The van der Waals surface area contributed by atoms with E-state index in [1.165, 1.54) is 22.7 Å². The molecule has 0 atom stereocenters. The Morgan fingerprint density at radius 2 is 2.12 bits per heavy atom. The number of hydrogen-bond acceptors (Lipinski definition) is 6. The number of hydrogen-bond donors (Lipinski definition) is 1. The number of likely N-dealkylation sites (N-methyl/N-ethyl adjacent to an activating group) is 1. The van der Waals surface area contributed by atoms with Crippen LogP contribution in [0.15, 0.2) is 40.2 Å². The molecule has 0 radical (unpaired) electrons. The zero-order chi connectivity index (χ0) is 24.1. The van der Waals surface area contributed by atoms with Gasteiger partial charge in [-0.15, -0.1) is 6.42 Å². The molecule has 1 N–H and O–H groups in total. The van der Waals surface area contributed by atoms with Crippen LogP contribution in [0.25, 0.3) is 6.08 Å². The highest BCUT2D eigenvalue weighted by atomic mass is 35.5. The van der Waals surface area contributed by atoms with Crippen molar-refractivity contribution in [3.05, 3.63) is 56.9 Å². The first kappa shape index (κ1) is 24.2. The van der Waals surface area contributed by atoms with Gasteiger partial charge in [-0.3, -0.25) is 9.69 Å². The molecule has 0 saturated carbocycles. The summed E-state index contributed by atoms with van der Waals surface area (Å²) in [5.74, 6) is 1.88. The largest absolute Gasteiger partial charge is 0.490 e. The molecule has 3 rings (SSSR count). The van der Waals surface area contributed by atoms with Crippen molar-refractivity contribution in [1.82, 2.24) is 4.90 Å². The van der Waals surface area contributed by atoms with Crippen molar-refractivity contribution in [2.24, 2.45) is 4.99 Å². The van der Waals surface area contributed by atoms with Gasteiger partial charge in [-0.1, -0.05) is 23.6 Å². The van der Waals surface area contributed by atoms with Gasteiger partial charge in [0.25, 0.3) is 5.91 Å². The van der Waals surface area contributed by atoms with Crippen molar-refractivity contribution in [1.29, 1.82) is 0 Å². The zero-order valence-electron chi connectivity index (χ0n) is 18.2. The number of nitrogens with zero attached hydrogens (tertiary/aromatic N) is 2. The van der Waals surface area contributed by atoms with Crippen LogP contribution in [0.4, 0.5) is 5.69 Å². The second-order valence-electron chi connectivity index (χ2n) is 6.88. The number of amides is 1. The number of rotatable bonds is 7. The van der Waals surface area contributed by atoms with E-state index in [1.807, 2.05) is 6.92 Å². The molecular weight excluding hydrogens is 464 g/mol. The fourth-order valence-corrected chi connectivity index (χ4v) is 4.32. The average Bonchev–Trinajstić information content (AvgIpc) is 3.02. The lowest BCUT2D eigenvalue weighted by molar-refractivity contribution is -0.121. The van der Waals surface area contributed by atoms with E-state index in [1.54, 1.807) is 44.3 Å². The molecule has 1 amide bonds. The van der Waals surface area contributed by atoms with E-state index in [9.17, 15) is 14.7 Å². The van der Waals surface area contributed by atoms with Gasteiger partial charge >= 0.3 is 5.97 Å². The number of carbonyl (C=O) groups excluding carboxylic acids is 1. The van der Waals surface area contributed by atoms with Crippen LogP contribution >= 0.6 is 23.4 Å². The summed E-state index contributed by atoms with van der Waals surface area (Å²) in [6.45, 7) is 3.95. The molecular formula is C24H21ClN2O5S. The molecule has 1 aliphatic rings. The van der Waals surface area contributed by atoms with E-state index in [0.29, 0.717) is 50.0 Å². The summed E-state index contributed by atoms with van der Waals surface area (Å²) < 4.78 is 11.1. The molecule has 170 valence electrons. The van der Waals surface area contributed by atoms with Crippen molar-refractivity contribution >= 4 is 52.2 Å². The number of ether oxygens (including phenoxy) is 2. The maximum Gasteiger partial charge on any atom is 0.336 e. The summed E-state index contributed by atoms with van der Waals surface area (Å²) in [5, 5.41) is 10.1. The smallest absolute Gasteiger partial charge is 0.336 e. The summed E-state index contributed by atoms with van der Waals surface area (Å²) >= 11 is 7.55. The number of amidine groups is 1. The van der Waals surface area contributed by atoms with E-state index < -0.39 is 5.97 Å². The Balaban J connectivity index is 1.96.